The van der Waals surface area contributed by atoms with Crippen LogP contribution in [-0.4, -0.2) is 34.5 Å². The number of phenolic OH excluding ortho intramolecular Hbond substituents is 2. The highest BCUT2D eigenvalue weighted by Gasteiger charge is 2.57. The van der Waals surface area contributed by atoms with Crippen LogP contribution >= 0.6 is 0 Å². The van der Waals surface area contributed by atoms with Gasteiger partial charge in [0.1, 0.15) is 0 Å². The number of aliphatic hydroxyl groups is 1. The number of likely N-dealkylation sites (N-methyl/N-ethyl adjacent to an activating group) is 1. The van der Waals surface area contributed by atoms with Gasteiger partial charge in [0, 0.05) is 6.04 Å². The molecule has 0 aromatic heterocycles. The van der Waals surface area contributed by atoms with Gasteiger partial charge in [-0.15, -0.1) is 0 Å². The fraction of sp³-hybridized carbons (Fsp3) is 0.684. The van der Waals surface area contributed by atoms with Crippen molar-refractivity contribution in [3.05, 3.63) is 23.3 Å². The molecular formula is C19H27NO3. The van der Waals surface area contributed by atoms with Gasteiger partial charge in [-0.2, -0.15) is 0 Å². The van der Waals surface area contributed by atoms with Crippen molar-refractivity contribution in [2.45, 2.75) is 57.1 Å². The predicted octanol–water partition coefficient (Wildman–Crippen LogP) is 2.51. The highest BCUT2D eigenvalue weighted by atomic mass is 16.3. The topological polar surface area (TPSA) is 72.7 Å². The summed E-state index contributed by atoms with van der Waals surface area (Å²) in [5.74, 6) is 1.54. The summed E-state index contributed by atoms with van der Waals surface area (Å²) in [5, 5.41) is 33.6. The maximum atomic E-state index is 10.5. The van der Waals surface area contributed by atoms with Crippen molar-refractivity contribution in [3.8, 4) is 11.5 Å². The summed E-state index contributed by atoms with van der Waals surface area (Å²) in [5.41, 5.74) is 2.57. The standard InChI is InChI=1S/C19H27NO3/c1-19-6-5-11-12(14(19)9-17(23)18(19)20-2)4-3-10-7-15(21)16(22)8-13(10)11/h7-8,11-12,14,17-18,20-23H,3-6,9H2,1-2H3/t11?,12-,14?,17-,18+,19+/m1/s1. The van der Waals surface area contributed by atoms with Crippen LogP contribution in [0.15, 0.2) is 12.1 Å². The molecule has 2 saturated carbocycles. The molecule has 6 atom stereocenters. The molecule has 0 saturated heterocycles. The lowest BCUT2D eigenvalue weighted by Crippen LogP contribution is -2.49. The van der Waals surface area contributed by atoms with Crippen LogP contribution in [0.5, 0.6) is 11.5 Å². The van der Waals surface area contributed by atoms with E-state index in [1.807, 2.05) is 7.05 Å². The number of aryl methyl sites for hydroxylation is 1. The first-order valence-corrected chi connectivity index (χ1v) is 8.85. The van der Waals surface area contributed by atoms with Crippen molar-refractivity contribution in [2.24, 2.45) is 17.3 Å². The molecule has 4 heteroatoms. The number of phenols is 2. The van der Waals surface area contributed by atoms with Crippen LogP contribution < -0.4 is 5.32 Å². The van der Waals surface area contributed by atoms with E-state index in [0.717, 1.165) is 32.1 Å². The predicted molar refractivity (Wildman–Crippen MR) is 88.6 cm³/mol. The molecule has 4 nitrogen and oxygen atoms in total. The number of aromatic hydroxyl groups is 2. The van der Waals surface area contributed by atoms with Gasteiger partial charge in [0.15, 0.2) is 11.5 Å². The van der Waals surface area contributed by atoms with E-state index < -0.39 is 0 Å². The Morgan fingerprint density at radius 1 is 1.17 bits per heavy atom. The highest BCUT2D eigenvalue weighted by Crippen LogP contribution is 2.61. The molecule has 0 bridgehead atoms. The van der Waals surface area contributed by atoms with Gasteiger partial charge < -0.3 is 20.6 Å². The van der Waals surface area contributed by atoms with Gasteiger partial charge in [0.05, 0.1) is 6.10 Å². The smallest absolute Gasteiger partial charge is 0.157 e. The number of benzene rings is 1. The Hall–Kier alpha value is -1.26. The SMILES string of the molecule is CN[C@H]1[C@H](O)CC2[C@@H]3CCc4cc(O)c(O)cc4C3CC[C@@]21C. The number of hydrogen-bond donors (Lipinski definition) is 4. The zero-order valence-corrected chi connectivity index (χ0v) is 13.9. The molecule has 0 spiro atoms. The van der Waals surface area contributed by atoms with Gasteiger partial charge in [-0.25, -0.2) is 0 Å². The van der Waals surface area contributed by atoms with Gasteiger partial charge in [0.25, 0.3) is 0 Å². The summed E-state index contributed by atoms with van der Waals surface area (Å²) >= 11 is 0. The average molecular weight is 317 g/mol. The molecule has 2 unspecified atom stereocenters. The molecule has 23 heavy (non-hydrogen) atoms. The number of nitrogens with one attached hydrogen (secondary N) is 1. The number of hydrogen-bond acceptors (Lipinski definition) is 4. The Balaban J connectivity index is 1.71. The molecule has 4 rings (SSSR count). The van der Waals surface area contributed by atoms with E-state index in [2.05, 4.69) is 12.2 Å². The lowest BCUT2D eigenvalue weighted by atomic mass is 9.55. The Morgan fingerprint density at radius 2 is 1.91 bits per heavy atom. The van der Waals surface area contributed by atoms with E-state index in [9.17, 15) is 15.3 Å². The molecule has 1 aromatic rings. The first-order valence-electron chi connectivity index (χ1n) is 8.85. The second-order valence-corrected chi connectivity index (χ2v) is 8.07. The minimum absolute atomic E-state index is 0.00251. The number of rotatable bonds is 1. The zero-order chi connectivity index (χ0) is 16.4. The van der Waals surface area contributed by atoms with E-state index >= 15 is 0 Å². The van der Waals surface area contributed by atoms with Crippen LogP contribution in [0.3, 0.4) is 0 Å². The lowest BCUT2D eigenvalue weighted by Gasteiger charge is -2.50. The van der Waals surface area contributed by atoms with Gasteiger partial charge in [-0.1, -0.05) is 6.92 Å². The van der Waals surface area contributed by atoms with E-state index in [1.54, 1.807) is 12.1 Å². The molecule has 0 aliphatic heterocycles. The molecule has 0 heterocycles. The lowest BCUT2D eigenvalue weighted by molar-refractivity contribution is 0.0382. The summed E-state index contributed by atoms with van der Waals surface area (Å²) in [6.45, 7) is 2.34. The molecular weight excluding hydrogens is 290 g/mol. The van der Waals surface area contributed by atoms with Gasteiger partial charge >= 0.3 is 0 Å². The molecule has 4 N–H and O–H groups in total. The first kappa shape index (κ1) is 15.3. The van der Waals surface area contributed by atoms with E-state index in [-0.39, 0.29) is 29.1 Å². The fourth-order valence-corrected chi connectivity index (χ4v) is 6.13. The average Bonchev–Trinajstić information content (AvgIpc) is 2.78. The number of aliphatic hydroxyl groups excluding tert-OH is 1. The third-order valence-electron chi connectivity index (χ3n) is 7.16. The molecule has 3 aliphatic carbocycles. The second-order valence-electron chi connectivity index (χ2n) is 8.07. The van der Waals surface area contributed by atoms with Crippen LogP contribution in [0.4, 0.5) is 0 Å². The Morgan fingerprint density at radius 3 is 2.65 bits per heavy atom. The van der Waals surface area contributed by atoms with Crippen molar-refractivity contribution in [1.29, 1.82) is 0 Å². The fourth-order valence-electron chi connectivity index (χ4n) is 6.13. The number of fused-ring (bicyclic) bond motifs is 5. The molecule has 126 valence electrons. The third kappa shape index (κ3) is 2.04. The highest BCUT2D eigenvalue weighted by molar-refractivity contribution is 5.48. The van der Waals surface area contributed by atoms with Crippen molar-refractivity contribution in [1.82, 2.24) is 5.32 Å². The molecule has 0 radical (unpaired) electrons. The zero-order valence-electron chi connectivity index (χ0n) is 13.9. The second kappa shape index (κ2) is 5.12. The van der Waals surface area contributed by atoms with Crippen LogP contribution in [0.1, 0.15) is 49.7 Å². The molecule has 2 fully saturated rings. The maximum Gasteiger partial charge on any atom is 0.157 e. The third-order valence-corrected chi connectivity index (χ3v) is 7.16. The van der Waals surface area contributed by atoms with E-state index in [1.165, 1.54) is 11.1 Å². The molecule has 3 aliphatic rings. The van der Waals surface area contributed by atoms with Crippen molar-refractivity contribution < 1.29 is 15.3 Å². The minimum atomic E-state index is -0.261. The van der Waals surface area contributed by atoms with Crippen molar-refractivity contribution in [2.75, 3.05) is 7.05 Å². The Kier molecular flexibility index (Phi) is 3.40. The largest absolute Gasteiger partial charge is 0.504 e. The summed E-state index contributed by atoms with van der Waals surface area (Å²) in [7, 11) is 1.96. The van der Waals surface area contributed by atoms with Crippen LogP contribution in [0.2, 0.25) is 0 Å². The van der Waals surface area contributed by atoms with Gasteiger partial charge in [0.2, 0.25) is 0 Å². The van der Waals surface area contributed by atoms with Crippen LogP contribution in [0.25, 0.3) is 0 Å². The first-order chi connectivity index (χ1) is 11.0. The monoisotopic (exact) mass is 317 g/mol. The van der Waals surface area contributed by atoms with Gasteiger partial charge in [-0.3, -0.25) is 0 Å². The van der Waals surface area contributed by atoms with E-state index in [4.69, 9.17) is 0 Å². The molecule has 1 aromatic carbocycles. The summed E-state index contributed by atoms with van der Waals surface area (Å²) < 4.78 is 0. The Labute approximate surface area is 137 Å². The maximum absolute atomic E-state index is 10.5. The van der Waals surface area contributed by atoms with Crippen LogP contribution in [-0.2, 0) is 6.42 Å². The summed E-state index contributed by atoms with van der Waals surface area (Å²) in [6, 6.07) is 3.71. The summed E-state index contributed by atoms with van der Waals surface area (Å²) in [6.07, 6.45) is 4.89. The van der Waals surface area contributed by atoms with Crippen LogP contribution in [0, 0.1) is 17.3 Å². The Bertz CT molecular complexity index is 631. The van der Waals surface area contributed by atoms with E-state index in [0.29, 0.717) is 17.8 Å². The summed E-state index contributed by atoms with van der Waals surface area (Å²) in [4.78, 5) is 0. The normalized spacial score (nSPS) is 42.0. The quantitative estimate of drug-likeness (QED) is 0.601. The van der Waals surface area contributed by atoms with Crippen molar-refractivity contribution >= 4 is 0 Å². The molecule has 0 amide bonds. The minimum Gasteiger partial charge on any atom is -0.504 e. The van der Waals surface area contributed by atoms with Crippen molar-refractivity contribution in [3.63, 3.8) is 0 Å². The van der Waals surface area contributed by atoms with Gasteiger partial charge in [-0.05, 0) is 85.6 Å².